The van der Waals surface area contributed by atoms with Crippen molar-refractivity contribution >= 4 is 17.7 Å². The molecule has 2 aromatic rings. The molecule has 0 bridgehead atoms. The number of aromatic nitrogens is 6. The van der Waals surface area contributed by atoms with Crippen LogP contribution in [-0.4, -0.2) is 30.2 Å². The van der Waals surface area contributed by atoms with Crippen LogP contribution in [0.5, 0.6) is 0 Å². The van der Waals surface area contributed by atoms with Crippen LogP contribution in [0.15, 0.2) is 22.4 Å². The van der Waals surface area contributed by atoms with E-state index in [1.807, 2.05) is 4.68 Å². The van der Waals surface area contributed by atoms with E-state index in [2.05, 4.69) is 30.9 Å². The van der Waals surface area contributed by atoms with Crippen LogP contribution in [0, 0.1) is 0 Å². The van der Waals surface area contributed by atoms with Gasteiger partial charge in [0.25, 0.3) is 0 Å². The summed E-state index contributed by atoms with van der Waals surface area (Å²) in [6, 6.07) is 2.23. The van der Waals surface area contributed by atoms with Crippen molar-refractivity contribution in [3.63, 3.8) is 0 Å². The van der Waals surface area contributed by atoms with Crippen LogP contribution < -0.4 is 11.3 Å². The second-order valence-electron chi connectivity index (χ2n) is 3.60. The molecule has 0 atom stereocenters. The highest BCUT2D eigenvalue weighted by Crippen LogP contribution is 2.37. The van der Waals surface area contributed by atoms with Gasteiger partial charge in [-0.15, -0.1) is 5.10 Å². The number of nitrogens with one attached hydrogen (secondary N) is 1. The van der Waals surface area contributed by atoms with Crippen LogP contribution in [0.25, 0.3) is 0 Å². The minimum atomic E-state index is 0.375. The van der Waals surface area contributed by atoms with Gasteiger partial charge in [-0.25, -0.2) is 20.5 Å². The van der Waals surface area contributed by atoms with Gasteiger partial charge in [0.1, 0.15) is 5.03 Å². The monoisotopic (exact) mass is 250 g/mol. The highest BCUT2D eigenvalue weighted by atomic mass is 32.2. The van der Waals surface area contributed by atoms with Gasteiger partial charge < -0.3 is 0 Å². The van der Waals surface area contributed by atoms with Gasteiger partial charge >= 0.3 is 0 Å². The van der Waals surface area contributed by atoms with Crippen molar-refractivity contribution in [1.82, 2.24) is 30.2 Å². The Morgan fingerprint density at radius 3 is 3.12 bits per heavy atom. The fraction of sp³-hybridized carbons (Fsp3) is 0.375. The molecule has 0 radical (unpaired) electrons. The Morgan fingerprint density at radius 2 is 2.35 bits per heavy atom. The molecule has 0 spiro atoms. The first-order chi connectivity index (χ1) is 8.36. The van der Waals surface area contributed by atoms with E-state index in [-0.39, 0.29) is 0 Å². The van der Waals surface area contributed by atoms with Crippen molar-refractivity contribution in [2.75, 3.05) is 5.43 Å². The molecule has 9 heteroatoms. The van der Waals surface area contributed by atoms with Gasteiger partial charge in [0, 0.05) is 6.20 Å². The Morgan fingerprint density at radius 1 is 1.47 bits per heavy atom. The van der Waals surface area contributed by atoms with Crippen LogP contribution in [0.4, 0.5) is 5.95 Å². The number of anilines is 1. The molecule has 0 aliphatic heterocycles. The summed E-state index contributed by atoms with van der Waals surface area (Å²) in [6.07, 6.45) is 3.91. The molecule has 3 rings (SSSR count). The van der Waals surface area contributed by atoms with E-state index in [1.165, 1.54) is 11.8 Å². The first kappa shape index (κ1) is 10.4. The maximum atomic E-state index is 5.25. The quantitative estimate of drug-likeness (QED) is 0.451. The second kappa shape index (κ2) is 4.26. The molecule has 0 amide bonds. The van der Waals surface area contributed by atoms with E-state index in [0.717, 1.165) is 23.0 Å². The molecule has 3 N–H and O–H groups in total. The van der Waals surface area contributed by atoms with Crippen molar-refractivity contribution in [1.29, 1.82) is 0 Å². The van der Waals surface area contributed by atoms with Crippen LogP contribution in [0.3, 0.4) is 0 Å². The number of rotatable bonds is 4. The molecule has 1 aliphatic rings. The summed E-state index contributed by atoms with van der Waals surface area (Å²) in [5, 5.41) is 13.1. The molecule has 0 unspecified atom stereocenters. The second-order valence-corrected chi connectivity index (χ2v) is 4.59. The summed E-state index contributed by atoms with van der Waals surface area (Å²) in [5.74, 6) is 5.63. The van der Waals surface area contributed by atoms with Gasteiger partial charge in [-0.3, -0.25) is 5.43 Å². The zero-order chi connectivity index (χ0) is 11.7. The van der Waals surface area contributed by atoms with Crippen molar-refractivity contribution in [2.45, 2.75) is 29.1 Å². The summed E-state index contributed by atoms with van der Waals surface area (Å²) in [4.78, 5) is 8.13. The van der Waals surface area contributed by atoms with Gasteiger partial charge in [-0.05, 0) is 41.1 Å². The molecule has 0 aromatic carbocycles. The Hall–Kier alpha value is -1.74. The topological polar surface area (TPSA) is 107 Å². The summed E-state index contributed by atoms with van der Waals surface area (Å²) < 4.78 is 1.84. The van der Waals surface area contributed by atoms with E-state index in [0.29, 0.717) is 12.0 Å². The zero-order valence-electron chi connectivity index (χ0n) is 8.82. The van der Waals surface area contributed by atoms with Crippen molar-refractivity contribution in [3.05, 3.63) is 12.3 Å². The standard InChI is InChI=1S/C8H10N8S/c9-12-7-10-4-3-6(11-7)17-8-13-14-15-16(8)5-1-2-5/h3-5H,1-2,9H2,(H,10,11,12). The molecule has 1 fully saturated rings. The number of hydrazine groups is 1. The highest BCUT2D eigenvalue weighted by molar-refractivity contribution is 7.99. The van der Waals surface area contributed by atoms with Crippen LogP contribution in [0.2, 0.25) is 0 Å². The van der Waals surface area contributed by atoms with E-state index in [4.69, 9.17) is 5.84 Å². The maximum Gasteiger partial charge on any atom is 0.238 e. The van der Waals surface area contributed by atoms with E-state index >= 15 is 0 Å². The summed E-state index contributed by atoms with van der Waals surface area (Å²) >= 11 is 1.40. The number of tetrazole rings is 1. The van der Waals surface area contributed by atoms with E-state index < -0.39 is 0 Å². The molecular weight excluding hydrogens is 240 g/mol. The molecule has 0 saturated heterocycles. The summed E-state index contributed by atoms with van der Waals surface area (Å²) in [5.41, 5.74) is 2.40. The lowest BCUT2D eigenvalue weighted by Crippen LogP contribution is -2.10. The van der Waals surface area contributed by atoms with E-state index in [1.54, 1.807) is 12.3 Å². The number of hydrogen-bond acceptors (Lipinski definition) is 8. The van der Waals surface area contributed by atoms with Crippen molar-refractivity contribution in [2.24, 2.45) is 5.84 Å². The van der Waals surface area contributed by atoms with Crippen molar-refractivity contribution < 1.29 is 0 Å². The van der Waals surface area contributed by atoms with E-state index in [9.17, 15) is 0 Å². The molecule has 17 heavy (non-hydrogen) atoms. The predicted molar refractivity (Wildman–Crippen MR) is 60.1 cm³/mol. The lowest BCUT2D eigenvalue weighted by molar-refractivity contribution is 0.565. The molecule has 88 valence electrons. The minimum absolute atomic E-state index is 0.375. The van der Waals surface area contributed by atoms with Gasteiger partial charge in [0.05, 0.1) is 6.04 Å². The summed E-state index contributed by atoms with van der Waals surface area (Å²) in [6.45, 7) is 0. The average Bonchev–Trinajstić information content (AvgIpc) is 3.11. The average molecular weight is 250 g/mol. The largest absolute Gasteiger partial charge is 0.292 e. The molecule has 8 nitrogen and oxygen atoms in total. The number of nitrogens with two attached hydrogens (primary N) is 1. The molecule has 2 aromatic heterocycles. The maximum absolute atomic E-state index is 5.25. The Bertz CT molecular complexity index is 522. The van der Waals surface area contributed by atoms with Crippen molar-refractivity contribution in [3.8, 4) is 0 Å². The third-order valence-corrected chi connectivity index (χ3v) is 3.20. The third-order valence-electron chi connectivity index (χ3n) is 2.31. The Balaban J connectivity index is 1.83. The van der Waals surface area contributed by atoms with Gasteiger partial charge in [-0.2, -0.15) is 0 Å². The molecule has 1 saturated carbocycles. The zero-order valence-corrected chi connectivity index (χ0v) is 9.63. The van der Waals surface area contributed by atoms with Crippen LogP contribution in [-0.2, 0) is 0 Å². The SMILES string of the molecule is NNc1nccc(Sc2nnnn2C2CC2)n1. The van der Waals surface area contributed by atoms with Crippen LogP contribution in [0.1, 0.15) is 18.9 Å². The minimum Gasteiger partial charge on any atom is -0.292 e. The fourth-order valence-corrected chi connectivity index (χ4v) is 2.17. The smallest absolute Gasteiger partial charge is 0.238 e. The highest BCUT2D eigenvalue weighted by Gasteiger charge is 2.28. The number of nitrogens with zero attached hydrogens (tertiary/aromatic N) is 6. The van der Waals surface area contributed by atoms with Crippen LogP contribution >= 0.6 is 11.8 Å². The van der Waals surface area contributed by atoms with Gasteiger partial charge in [0.2, 0.25) is 11.1 Å². The summed E-state index contributed by atoms with van der Waals surface area (Å²) in [7, 11) is 0. The first-order valence-corrected chi connectivity index (χ1v) is 5.94. The lowest BCUT2D eigenvalue weighted by atomic mass is 10.7. The molecular formula is C8H10N8S. The predicted octanol–water partition coefficient (Wildman–Crippen LogP) is 0.235. The molecule has 1 aliphatic carbocycles. The molecule has 2 heterocycles. The number of hydrogen-bond donors (Lipinski definition) is 2. The fourth-order valence-electron chi connectivity index (χ4n) is 1.36. The normalized spacial score (nSPS) is 14.9. The lowest BCUT2D eigenvalue weighted by Gasteiger charge is -2.02. The Labute approximate surface area is 101 Å². The first-order valence-electron chi connectivity index (χ1n) is 5.12. The van der Waals surface area contributed by atoms with Gasteiger partial charge in [0.15, 0.2) is 0 Å². The third kappa shape index (κ3) is 2.19. The Kier molecular flexibility index (Phi) is 2.61. The number of nitrogen functional groups attached to an aromatic ring is 1. The van der Waals surface area contributed by atoms with Gasteiger partial charge in [-0.1, -0.05) is 0 Å².